The second-order valence-corrected chi connectivity index (χ2v) is 4.70. The fourth-order valence-electron chi connectivity index (χ4n) is 1.37. The van der Waals surface area contributed by atoms with Gasteiger partial charge in [-0.05, 0) is 24.3 Å². The third-order valence-electron chi connectivity index (χ3n) is 2.24. The maximum Gasteiger partial charge on any atom is 0.152 e. The lowest BCUT2D eigenvalue weighted by atomic mass is 10.2. The second kappa shape index (κ2) is 5.47. The van der Waals surface area contributed by atoms with E-state index in [4.69, 9.17) is 11.6 Å². The molecule has 0 saturated carbocycles. The highest BCUT2D eigenvalue weighted by Crippen LogP contribution is 2.20. The molecular weight excluding hydrogens is 307 g/mol. The molecule has 0 saturated heterocycles. The zero-order chi connectivity index (χ0) is 12.3. The van der Waals surface area contributed by atoms with Gasteiger partial charge in [0.05, 0.1) is 5.69 Å². The van der Waals surface area contributed by atoms with Crippen LogP contribution in [0.15, 0.2) is 41.0 Å². The summed E-state index contributed by atoms with van der Waals surface area (Å²) in [7, 11) is 0. The van der Waals surface area contributed by atoms with E-state index in [0.29, 0.717) is 22.9 Å². The highest BCUT2D eigenvalue weighted by Gasteiger charge is 2.04. The van der Waals surface area contributed by atoms with Crippen molar-refractivity contribution < 1.29 is 4.39 Å². The number of anilines is 1. The largest absolute Gasteiger partial charge is 0.378 e. The number of rotatable bonds is 3. The first-order valence-electron chi connectivity index (χ1n) is 4.95. The van der Waals surface area contributed by atoms with E-state index in [9.17, 15) is 4.39 Å². The minimum atomic E-state index is -0.258. The molecule has 2 nitrogen and oxygen atoms in total. The third-order valence-corrected chi connectivity index (χ3v) is 3.04. The number of benzene rings is 1. The van der Waals surface area contributed by atoms with E-state index < -0.39 is 0 Å². The van der Waals surface area contributed by atoms with Gasteiger partial charge in [-0.15, -0.1) is 0 Å². The molecule has 0 radical (unpaired) electrons. The molecule has 1 aromatic carbocycles. The van der Waals surface area contributed by atoms with Gasteiger partial charge in [-0.3, -0.25) is 0 Å². The molecule has 5 heteroatoms. The molecule has 0 aliphatic carbocycles. The summed E-state index contributed by atoms with van der Waals surface area (Å²) in [6.45, 7) is 0.366. The minimum Gasteiger partial charge on any atom is -0.378 e. The summed E-state index contributed by atoms with van der Waals surface area (Å²) < 4.78 is 14.3. The summed E-state index contributed by atoms with van der Waals surface area (Å²) >= 11 is 9.09. The van der Waals surface area contributed by atoms with Crippen molar-refractivity contribution in [3.63, 3.8) is 0 Å². The van der Waals surface area contributed by atoms with Crippen molar-refractivity contribution in [1.82, 2.24) is 4.98 Å². The second-order valence-electron chi connectivity index (χ2n) is 3.43. The summed E-state index contributed by atoms with van der Waals surface area (Å²) in [5.74, 6) is -0.258. The Balaban J connectivity index is 2.10. The van der Waals surface area contributed by atoms with Crippen LogP contribution in [-0.4, -0.2) is 4.98 Å². The van der Waals surface area contributed by atoms with Gasteiger partial charge in [0.25, 0.3) is 0 Å². The monoisotopic (exact) mass is 314 g/mol. The molecule has 0 amide bonds. The van der Waals surface area contributed by atoms with E-state index in [1.165, 1.54) is 6.07 Å². The Morgan fingerprint density at radius 1 is 1.35 bits per heavy atom. The number of nitrogens with zero attached hydrogens (tertiary/aromatic N) is 1. The Morgan fingerprint density at radius 2 is 2.18 bits per heavy atom. The van der Waals surface area contributed by atoms with Gasteiger partial charge in [-0.2, -0.15) is 0 Å². The first-order chi connectivity index (χ1) is 8.16. The Bertz CT molecular complexity index is 534. The quantitative estimate of drug-likeness (QED) is 0.857. The molecule has 1 heterocycles. The van der Waals surface area contributed by atoms with Crippen molar-refractivity contribution in [2.45, 2.75) is 6.54 Å². The zero-order valence-electron chi connectivity index (χ0n) is 8.75. The molecular formula is C12H9BrClFN2. The van der Waals surface area contributed by atoms with E-state index in [0.717, 1.165) is 4.47 Å². The lowest BCUT2D eigenvalue weighted by molar-refractivity contribution is 0.612. The summed E-state index contributed by atoms with van der Waals surface area (Å²) in [5, 5.41) is 3.42. The summed E-state index contributed by atoms with van der Waals surface area (Å²) in [5.41, 5.74) is 1.27. The molecule has 0 aliphatic rings. The van der Waals surface area contributed by atoms with Crippen molar-refractivity contribution in [2.24, 2.45) is 0 Å². The van der Waals surface area contributed by atoms with Crippen LogP contribution in [0.3, 0.4) is 0 Å². The maximum absolute atomic E-state index is 13.5. The maximum atomic E-state index is 13.5. The lowest BCUT2D eigenvalue weighted by Crippen LogP contribution is -2.02. The number of halogens is 3. The molecule has 0 bridgehead atoms. The van der Waals surface area contributed by atoms with Crippen molar-refractivity contribution in [1.29, 1.82) is 0 Å². The molecule has 2 rings (SSSR count). The van der Waals surface area contributed by atoms with E-state index in [-0.39, 0.29) is 5.82 Å². The fourth-order valence-corrected chi connectivity index (χ4v) is 1.89. The number of hydrogen-bond donors (Lipinski definition) is 1. The van der Waals surface area contributed by atoms with E-state index in [1.54, 1.807) is 30.5 Å². The predicted octanol–water partition coefficient (Wildman–Crippen LogP) is 4.25. The average Bonchev–Trinajstić information content (AvgIpc) is 2.30. The van der Waals surface area contributed by atoms with Crippen LogP contribution in [0.5, 0.6) is 0 Å². The van der Waals surface area contributed by atoms with Crippen LogP contribution in [-0.2, 0) is 6.54 Å². The third kappa shape index (κ3) is 3.17. The molecule has 88 valence electrons. The number of pyridine rings is 1. The fraction of sp³-hybridized carbons (Fsp3) is 0.0833. The van der Waals surface area contributed by atoms with E-state index in [1.807, 2.05) is 0 Å². The van der Waals surface area contributed by atoms with Gasteiger partial charge in [-0.1, -0.05) is 33.6 Å². The van der Waals surface area contributed by atoms with Gasteiger partial charge >= 0.3 is 0 Å². The number of hydrogen-bond acceptors (Lipinski definition) is 2. The van der Waals surface area contributed by atoms with Crippen LogP contribution >= 0.6 is 27.5 Å². The van der Waals surface area contributed by atoms with Gasteiger partial charge in [-0.25, -0.2) is 9.37 Å². The zero-order valence-corrected chi connectivity index (χ0v) is 11.1. The Morgan fingerprint density at radius 3 is 2.88 bits per heavy atom. The van der Waals surface area contributed by atoms with Crippen LogP contribution in [0, 0.1) is 5.82 Å². The first kappa shape index (κ1) is 12.3. The first-order valence-corrected chi connectivity index (χ1v) is 6.12. The van der Waals surface area contributed by atoms with Crippen molar-refractivity contribution >= 4 is 33.2 Å². The SMILES string of the molecule is Fc1cc(Br)ccc1CNc1cccnc1Cl. The molecule has 0 fully saturated rings. The van der Waals surface area contributed by atoms with Gasteiger partial charge in [0.1, 0.15) is 5.82 Å². The lowest BCUT2D eigenvalue weighted by Gasteiger charge is -2.08. The Hall–Kier alpha value is -1.13. The van der Waals surface area contributed by atoms with Gasteiger partial charge in [0, 0.05) is 22.8 Å². The van der Waals surface area contributed by atoms with E-state index >= 15 is 0 Å². The highest BCUT2D eigenvalue weighted by atomic mass is 79.9. The van der Waals surface area contributed by atoms with Crippen molar-refractivity contribution in [3.8, 4) is 0 Å². The topological polar surface area (TPSA) is 24.9 Å². The van der Waals surface area contributed by atoms with Crippen LogP contribution in [0.1, 0.15) is 5.56 Å². The predicted molar refractivity (Wildman–Crippen MR) is 70.7 cm³/mol. The standard InChI is InChI=1S/C12H9BrClFN2/c13-9-4-3-8(10(15)6-9)7-17-11-2-1-5-16-12(11)14/h1-6,17H,7H2. The minimum absolute atomic E-state index is 0.258. The molecule has 17 heavy (non-hydrogen) atoms. The Labute approximate surface area is 112 Å². The molecule has 1 aromatic heterocycles. The molecule has 0 aliphatic heterocycles. The van der Waals surface area contributed by atoms with Crippen LogP contribution in [0.4, 0.5) is 10.1 Å². The van der Waals surface area contributed by atoms with Crippen molar-refractivity contribution in [2.75, 3.05) is 5.32 Å². The molecule has 0 atom stereocenters. The van der Waals surface area contributed by atoms with Gasteiger partial charge in [0.2, 0.25) is 0 Å². The molecule has 0 spiro atoms. The molecule has 1 N–H and O–H groups in total. The summed E-state index contributed by atoms with van der Waals surface area (Å²) in [6, 6.07) is 8.52. The van der Waals surface area contributed by atoms with Gasteiger partial charge < -0.3 is 5.32 Å². The summed E-state index contributed by atoms with van der Waals surface area (Å²) in [4.78, 5) is 3.93. The average molecular weight is 316 g/mol. The van der Waals surface area contributed by atoms with Crippen molar-refractivity contribution in [3.05, 3.63) is 57.5 Å². The molecule has 2 aromatic rings. The highest BCUT2D eigenvalue weighted by molar-refractivity contribution is 9.10. The number of nitrogens with one attached hydrogen (secondary N) is 1. The summed E-state index contributed by atoms with van der Waals surface area (Å²) in [6.07, 6.45) is 1.60. The van der Waals surface area contributed by atoms with E-state index in [2.05, 4.69) is 26.2 Å². The number of aromatic nitrogens is 1. The Kier molecular flexibility index (Phi) is 3.97. The normalized spacial score (nSPS) is 10.3. The van der Waals surface area contributed by atoms with Crippen LogP contribution in [0.2, 0.25) is 5.15 Å². The molecule has 0 unspecified atom stereocenters. The van der Waals surface area contributed by atoms with Gasteiger partial charge in [0.15, 0.2) is 5.15 Å². The van der Waals surface area contributed by atoms with Crippen LogP contribution in [0.25, 0.3) is 0 Å². The van der Waals surface area contributed by atoms with Crippen LogP contribution < -0.4 is 5.32 Å². The smallest absolute Gasteiger partial charge is 0.152 e.